The van der Waals surface area contributed by atoms with Gasteiger partial charge in [0.2, 0.25) is 9.47 Å². The fourth-order valence-electron chi connectivity index (χ4n) is 1.75. The van der Waals surface area contributed by atoms with E-state index < -0.39 is 0 Å². The molecule has 108 valence electrons. The van der Waals surface area contributed by atoms with Crippen LogP contribution in [0.15, 0.2) is 22.6 Å². The van der Waals surface area contributed by atoms with E-state index in [4.69, 9.17) is 16.0 Å². The molecule has 3 aromatic rings. The van der Waals surface area contributed by atoms with Crippen molar-refractivity contribution < 1.29 is 9.21 Å². The zero-order valence-electron chi connectivity index (χ0n) is 11.3. The van der Waals surface area contributed by atoms with Crippen LogP contribution < -0.4 is 5.32 Å². The Morgan fingerprint density at radius 1 is 1.38 bits per heavy atom. The van der Waals surface area contributed by atoms with Crippen LogP contribution in [0.5, 0.6) is 0 Å². The van der Waals surface area contributed by atoms with Crippen molar-refractivity contribution in [2.75, 3.05) is 5.32 Å². The highest BCUT2D eigenvalue weighted by Crippen LogP contribution is 2.24. The Morgan fingerprint density at radius 2 is 2.19 bits per heavy atom. The van der Waals surface area contributed by atoms with E-state index in [1.165, 1.54) is 0 Å². The Morgan fingerprint density at radius 3 is 2.86 bits per heavy atom. The summed E-state index contributed by atoms with van der Waals surface area (Å²) in [5.41, 5.74) is 2.00. The third-order valence-electron chi connectivity index (χ3n) is 2.75. The molecule has 0 fully saturated rings. The van der Waals surface area contributed by atoms with Crippen molar-refractivity contribution in [2.24, 2.45) is 0 Å². The Labute approximate surface area is 129 Å². The molecule has 0 aliphatic rings. The summed E-state index contributed by atoms with van der Waals surface area (Å²) in [6, 6.07) is 5.28. The number of hydrogen-bond acceptors (Lipinski definition) is 6. The number of nitrogens with zero attached hydrogens (tertiary/aromatic N) is 3. The predicted molar refractivity (Wildman–Crippen MR) is 81.0 cm³/mol. The first-order chi connectivity index (χ1) is 10.0. The van der Waals surface area contributed by atoms with Crippen molar-refractivity contribution in [3.63, 3.8) is 0 Å². The zero-order valence-corrected chi connectivity index (χ0v) is 12.8. The van der Waals surface area contributed by atoms with Crippen LogP contribution in [0.2, 0.25) is 4.47 Å². The second kappa shape index (κ2) is 5.42. The molecule has 0 saturated heterocycles. The van der Waals surface area contributed by atoms with E-state index in [-0.39, 0.29) is 21.3 Å². The lowest BCUT2D eigenvalue weighted by Crippen LogP contribution is -2.11. The summed E-state index contributed by atoms with van der Waals surface area (Å²) >= 11 is 6.68. The molecule has 0 aliphatic carbocycles. The van der Waals surface area contributed by atoms with E-state index in [0.29, 0.717) is 22.7 Å². The fraction of sp³-hybridized carbons (Fsp3) is 0.231. The van der Waals surface area contributed by atoms with Gasteiger partial charge in [-0.1, -0.05) is 25.2 Å². The van der Waals surface area contributed by atoms with Gasteiger partial charge < -0.3 is 9.73 Å². The molecule has 0 aliphatic heterocycles. The van der Waals surface area contributed by atoms with Crippen molar-refractivity contribution in [1.29, 1.82) is 0 Å². The van der Waals surface area contributed by atoms with E-state index in [0.717, 1.165) is 11.3 Å². The lowest BCUT2D eigenvalue weighted by Gasteiger charge is -2.01. The van der Waals surface area contributed by atoms with E-state index in [2.05, 4.69) is 20.5 Å². The van der Waals surface area contributed by atoms with Gasteiger partial charge in [-0.2, -0.15) is 0 Å². The summed E-state index contributed by atoms with van der Waals surface area (Å²) in [6.07, 6.45) is 0. The standard InChI is InChI=1S/C13H11ClN4O2S/c1-6(2)11-16-8-5-7(3-4-9(8)20-11)15-10(19)12-17-18-13(14)21-12/h3-6H,1-2H3,(H,15,19). The molecule has 0 saturated carbocycles. The number of oxazole rings is 1. The summed E-state index contributed by atoms with van der Waals surface area (Å²) in [5.74, 6) is 0.523. The molecule has 2 aromatic heterocycles. The maximum Gasteiger partial charge on any atom is 0.286 e. The van der Waals surface area contributed by atoms with Crippen molar-refractivity contribution >= 4 is 45.6 Å². The first-order valence-electron chi connectivity index (χ1n) is 6.24. The van der Waals surface area contributed by atoms with Gasteiger partial charge in [0.1, 0.15) is 5.52 Å². The maximum atomic E-state index is 12.0. The zero-order chi connectivity index (χ0) is 15.0. The topological polar surface area (TPSA) is 80.9 Å². The van der Waals surface area contributed by atoms with Crippen LogP contribution in [0, 0.1) is 0 Å². The SMILES string of the molecule is CC(C)c1nc2cc(NC(=O)c3nnc(Cl)s3)ccc2o1. The molecular weight excluding hydrogens is 312 g/mol. The molecular formula is C13H11ClN4O2S. The number of carbonyl (C=O) groups excluding carboxylic acids is 1. The highest BCUT2D eigenvalue weighted by atomic mass is 35.5. The highest BCUT2D eigenvalue weighted by molar-refractivity contribution is 7.17. The lowest BCUT2D eigenvalue weighted by atomic mass is 10.2. The van der Waals surface area contributed by atoms with Gasteiger partial charge in [-0.15, -0.1) is 10.2 Å². The average Bonchev–Trinajstić information content (AvgIpc) is 3.04. The number of aromatic nitrogens is 3. The molecule has 1 N–H and O–H groups in total. The predicted octanol–water partition coefficient (Wildman–Crippen LogP) is 3.71. The smallest absolute Gasteiger partial charge is 0.286 e. The summed E-state index contributed by atoms with van der Waals surface area (Å²) in [5, 5.41) is 10.2. The first kappa shape index (κ1) is 14.0. The van der Waals surface area contributed by atoms with Crippen LogP contribution in [-0.4, -0.2) is 21.1 Å². The van der Waals surface area contributed by atoms with Gasteiger partial charge in [0, 0.05) is 11.6 Å². The normalized spacial score (nSPS) is 11.2. The first-order valence-corrected chi connectivity index (χ1v) is 7.43. The largest absolute Gasteiger partial charge is 0.440 e. The Kier molecular flexibility index (Phi) is 3.60. The molecule has 8 heteroatoms. The number of halogens is 1. The van der Waals surface area contributed by atoms with Crippen LogP contribution in [0.3, 0.4) is 0 Å². The van der Waals surface area contributed by atoms with Gasteiger partial charge in [0.15, 0.2) is 11.5 Å². The molecule has 21 heavy (non-hydrogen) atoms. The average molecular weight is 323 g/mol. The summed E-state index contributed by atoms with van der Waals surface area (Å²) in [7, 11) is 0. The van der Waals surface area contributed by atoms with E-state index in [1.807, 2.05) is 13.8 Å². The molecule has 1 aromatic carbocycles. The number of rotatable bonds is 3. The van der Waals surface area contributed by atoms with Crippen LogP contribution in [-0.2, 0) is 0 Å². The fourth-order valence-corrected chi connectivity index (χ4v) is 2.48. The molecule has 2 heterocycles. The second-order valence-corrected chi connectivity index (χ2v) is 6.26. The summed E-state index contributed by atoms with van der Waals surface area (Å²) in [6.45, 7) is 4.01. The third-order valence-corrected chi connectivity index (χ3v) is 3.77. The Balaban J connectivity index is 1.85. The third kappa shape index (κ3) is 2.88. The number of nitrogens with one attached hydrogen (secondary N) is 1. The Bertz CT molecular complexity index is 811. The number of anilines is 1. The molecule has 0 atom stereocenters. The quantitative estimate of drug-likeness (QED) is 0.795. The van der Waals surface area contributed by atoms with Crippen LogP contribution in [0.1, 0.15) is 35.5 Å². The van der Waals surface area contributed by atoms with Crippen LogP contribution >= 0.6 is 22.9 Å². The van der Waals surface area contributed by atoms with E-state index in [1.54, 1.807) is 18.2 Å². The van der Waals surface area contributed by atoms with Crippen molar-refractivity contribution in [1.82, 2.24) is 15.2 Å². The molecule has 0 bridgehead atoms. The van der Waals surface area contributed by atoms with Gasteiger partial charge in [-0.05, 0) is 29.8 Å². The lowest BCUT2D eigenvalue weighted by molar-refractivity contribution is 0.102. The number of carbonyl (C=O) groups is 1. The number of amides is 1. The molecule has 0 unspecified atom stereocenters. The minimum Gasteiger partial charge on any atom is -0.440 e. The van der Waals surface area contributed by atoms with Gasteiger partial charge in [-0.25, -0.2) is 4.98 Å². The molecule has 3 rings (SSSR count). The highest BCUT2D eigenvalue weighted by Gasteiger charge is 2.14. The number of fused-ring (bicyclic) bond motifs is 1. The monoisotopic (exact) mass is 322 g/mol. The van der Waals surface area contributed by atoms with Crippen LogP contribution in [0.4, 0.5) is 5.69 Å². The van der Waals surface area contributed by atoms with Crippen molar-refractivity contribution in [2.45, 2.75) is 19.8 Å². The van der Waals surface area contributed by atoms with Crippen LogP contribution in [0.25, 0.3) is 11.1 Å². The van der Waals surface area contributed by atoms with Gasteiger partial charge >= 0.3 is 0 Å². The Hall–Kier alpha value is -1.99. The summed E-state index contributed by atoms with van der Waals surface area (Å²) < 4.78 is 5.85. The molecule has 0 spiro atoms. The van der Waals surface area contributed by atoms with Gasteiger partial charge in [0.05, 0.1) is 0 Å². The van der Waals surface area contributed by atoms with Crippen molar-refractivity contribution in [3.05, 3.63) is 33.6 Å². The minimum absolute atomic E-state index is 0.207. The molecule has 1 amide bonds. The van der Waals surface area contributed by atoms with Gasteiger partial charge in [-0.3, -0.25) is 4.79 Å². The number of hydrogen-bond donors (Lipinski definition) is 1. The maximum absolute atomic E-state index is 12.0. The summed E-state index contributed by atoms with van der Waals surface area (Å²) in [4.78, 5) is 16.4. The minimum atomic E-state index is -0.355. The van der Waals surface area contributed by atoms with E-state index >= 15 is 0 Å². The molecule has 0 radical (unpaired) electrons. The number of benzene rings is 1. The second-order valence-electron chi connectivity index (χ2n) is 4.70. The van der Waals surface area contributed by atoms with Gasteiger partial charge in [0.25, 0.3) is 5.91 Å². The van der Waals surface area contributed by atoms with Crippen molar-refractivity contribution in [3.8, 4) is 0 Å². The molecule has 6 nitrogen and oxygen atoms in total. The van der Waals surface area contributed by atoms with E-state index in [9.17, 15) is 4.79 Å².